The van der Waals surface area contributed by atoms with Crippen molar-refractivity contribution in [2.24, 2.45) is 0 Å². The van der Waals surface area contributed by atoms with Gasteiger partial charge in [0, 0.05) is 18.9 Å². The van der Waals surface area contributed by atoms with E-state index in [9.17, 15) is 9.18 Å². The normalized spacial score (nSPS) is 10.8. The highest BCUT2D eigenvalue weighted by Crippen LogP contribution is 2.23. The predicted molar refractivity (Wildman–Crippen MR) is 107 cm³/mol. The third kappa shape index (κ3) is 5.20. The maximum Gasteiger partial charge on any atom is 0.230 e. The van der Waals surface area contributed by atoms with Crippen molar-refractivity contribution >= 4 is 17.7 Å². The molecule has 0 bridgehead atoms. The lowest BCUT2D eigenvalue weighted by Gasteiger charge is -2.11. The minimum atomic E-state index is -0.251. The Balaban J connectivity index is 1.52. The molecule has 0 atom stereocenters. The van der Waals surface area contributed by atoms with Crippen molar-refractivity contribution in [1.82, 2.24) is 14.9 Å². The Labute approximate surface area is 162 Å². The van der Waals surface area contributed by atoms with Crippen molar-refractivity contribution in [3.63, 3.8) is 0 Å². The number of nitrogens with one attached hydrogen (secondary N) is 1. The van der Waals surface area contributed by atoms with Gasteiger partial charge in [0.05, 0.1) is 11.4 Å². The van der Waals surface area contributed by atoms with Crippen LogP contribution >= 0.6 is 11.8 Å². The molecule has 0 fully saturated rings. The molecule has 0 aliphatic heterocycles. The van der Waals surface area contributed by atoms with Crippen LogP contribution < -0.4 is 5.32 Å². The summed E-state index contributed by atoms with van der Waals surface area (Å²) in [5.74, 6) is 0.00140. The number of hydrogen-bond acceptors (Lipinski definition) is 3. The molecule has 140 valence electrons. The van der Waals surface area contributed by atoms with Crippen LogP contribution in [0.25, 0.3) is 5.69 Å². The molecule has 1 amide bonds. The fraction of sp³-hybridized carbons (Fsp3) is 0.238. The number of carbonyl (C=O) groups excluding carboxylic acids is 1. The molecule has 0 saturated carbocycles. The Morgan fingerprint density at radius 2 is 1.96 bits per heavy atom. The number of carbonyl (C=O) groups is 1. The van der Waals surface area contributed by atoms with Crippen LogP contribution in [0.2, 0.25) is 0 Å². The van der Waals surface area contributed by atoms with Gasteiger partial charge in [-0.1, -0.05) is 41.6 Å². The van der Waals surface area contributed by atoms with Crippen LogP contribution in [0.3, 0.4) is 0 Å². The van der Waals surface area contributed by atoms with Crippen LogP contribution in [-0.2, 0) is 11.2 Å². The van der Waals surface area contributed by atoms with Gasteiger partial charge < -0.3 is 5.32 Å². The average Bonchev–Trinajstić information content (AvgIpc) is 3.10. The Kier molecular flexibility index (Phi) is 6.29. The molecule has 0 aliphatic rings. The maximum atomic E-state index is 12.9. The van der Waals surface area contributed by atoms with Crippen LogP contribution in [-0.4, -0.2) is 27.8 Å². The van der Waals surface area contributed by atoms with E-state index < -0.39 is 0 Å². The van der Waals surface area contributed by atoms with Gasteiger partial charge >= 0.3 is 0 Å². The largest absolute Gasteiger partial charge is 0.355 e. The summed E-state index contributed by atoms with van der Waals surface area (Å²) in [7, 11) is 0. The zero-order valence-corrected chi connectivity index (χ0v) is 16.2. The van der Waals surface area contributed by atoms with Crippen molar-refractivity contribution in [2.75, 3.05) is 12.3 Å². The molecule has 6 heteroatoms. The SMILES string of the molecule is Cc1ccc(-n2ccnc2SCC(=O)NCCc2ccc(F)cc2)c(C)c1. The van der Waals surface area contributed by atoms with Gasteiger partial charge in [0.15, 0.2) is 5.16 Å². The van der Waals surface area contributed by atoms with Crippen LogP contribution in [0.5, 0.6) is 0 Å². The van der Waals surface area contributed by atoms with Crippen molar-refractivity contribution in [2.45, 2.75) is 25.4 Å². The number of amides is 1. The van der Waals surface area contributed by atoms with E-state index in [2.05, 4.69) is 42.3 Å². The smallest absolute Gasteiger partial charge is 0.230 e. The zero-order valence-electron chi connectivity index (χ0n) is 15.4. The fourth-order valence-corrected chi connectivity index (χ4v) is 3.63. The highest BCUT2D eigenvalue weighted by Gasteiger charge is 2.10. The molecule has 0 aliphatic carbocycles. The molecule has 0 saturated heterocycles. The average molecular weight is 383 g/mol. The summed E-state index contributed by atoms with van der Waals surface area (Å²) in [6.07, 6.45) is 4.33. The second-order valence-electron chi connectivity index (χ2n) is 6.38. The van der Waals surface area contributed by atoms with Gasteiger partial charge in [0.25, 0.3) is 0 Å². The van der Waals surface area contributed by atoms with E-state index in [-0.39, 0.29) is 11.7 Å². The van der Waals surface area contributed by atoms with Crippen LogP contribution in [0, 0.1) is 19.7 Å². The van der Waals surface area contributed by atoms with E-state index in [4.69, 9.17) is 0 Å². The number of imidazole rings is 1. The second kappa shape index (κ2) is 8.86. The summed E-state index contributed by atoms with van der Waals surface area (Å²) in [4.78, 5) is 16.5. The Hall–Kier alpha value is -2.60. The van der Waals surface area contributed by atoms with Gasteiger partial charge in [-0.15, -0.1) is 0 Å². The third-order valence-electron chi connectivity index (χ3n) is 4.20. The third-order valence-corrected chi connectivity index (χ3v) is 5.17. The lowest BCUT2D eigenvalue weighted by Crippen LogP contribution is -2.27. The lowest BCUT2D eigenvalue weighted by molar-refractivity contribution is -0.118. The van der Waals surface area contributed by atoms with Gasteiger partial charge in [-0.2, -0.15) is 0 Å². The van der Waals surface area contributed by atoms with Gasteiger partial charge in [-0.3, -0.25) is 9.36 Å². The first-order valence-corrected chi connectivity index (χ1v) is 9.76. The van der Waals surface area contributed by atoms with E-state index in [0.717, 1.165) is 16.4 Å². The Bertz CT molecular complexity index is 921. The minimum Gasteiger partial charge on any atom is -0.355 e. The van der Waals surface area contributed by atoms with Gasteiger partial charge in [-0.05, 0) is 49.6 Å². The van der Waals surface area contributed by atoms with E-state index in [1.807, 2.05) is 10.8 Å². The first-order valence-electron chi connectivity index (χ1n) is 8.78. The summed E-state index contributed by atoms with van der Waals surface area (Å²) < 4.78 is 14.9. The monoisotopic (exact) mass is 383 g/mol. The van der Waals surface area contributed by atoms with Crippen LogP contribution in [0.4, 0.5) is 4.39 Å². The van der Waals surface area contributed by atoms with E-state index in [1.165, 1.54) is 35.0 Å². The van der Waals surface area contributed by atoms with Crippen LogP contribution in [0.1, 0.15) is 16.7 Å². The topological polar surface area (TPSA) is 46.9 Å². The summed E-state index contributed by atoms with van der Waals surface area (Å²) in [5, 5.41) is 3.68. The summed E-state index contributed by atoms with van der Waals surface area (Å²) >= 11 is 1.41. The first kappa shape index (κ1) is 19.2. The summed E-state index contributed by atoms with van der Waals surface area (Å²) in [6, 6.07) is 12.6. The number of benzene rings is 2. The van der Waals surface area contributed by atoms with Crippen LogP contribution in [0.15, 0.2) is 60.0 Å². The molecule has 2 aromatic carbocycles. The molecular weight excluding hydrogens is 361 g/mol. The molecule has 3 aromatic rings. The van der Waals surface area contributed by atoms with E-state index in [0.29, 0.717) is 18.7 Å². The standard InChI is InChI=1S/C21H22FN3OS/c1-15-3-8-19(16(2)13-15)25-12-11-24-21(25)27-14-20(26)23-10-9-17-4-6-18(22)7-5-17/h3-8,11-13H,9-10,14H2,1-2H3,(H,23,26). The number of aryl methyl sites for hydroxylation is 2. The van der Waals surface area contributed by atoms with E-state index in [1.54, 1.807) is 18.3 Å². The van der Waals surface area contributed by atoms with Crippen molar-refractivity contribution in [1.29, 1.82) is 0 Å². The summed E-state index contributed by atoms with van der Waals surface area (Å²) in [6.45, 7) is 4.66. The quantitative estimate of drug-likeness (QED) is 0.626. The Morgan fingerprint density at radius 1 is 1.19 bits per heavy atom. The zero-order chi connectivity index (χ0) is 19.2. The van der Waals surface area contributed by atoms with E-state index >= 15 is 0 Å². The molecule has 0 radical (unpaired) electrons. The van der Waals surface area contributed by atoms with Gasteiger partial charge in [0.2, 0.25) is 5.91 Å². The molecule has 0 unspecified atom stereocenters. The number of nitrogens with zero attached hydrogens (tertiary/aromatic N) is 2. The molecular formula is C21H22FN3OS. The maximum absolute atomic E-state index is 12.9. The first-order chi connectivity index (χ1) is 13.0. The molecule has 0 spiro atoms. The number of halogens is 1. The predicted octanol–water partition coefficient (Wildman–Crippen LogP) is 4.08. The molecule has 27 heavy (non-hydrogen) atoms. The second-order valence-corrected chi connectivity index (χ2v) is 7.33. The highest BCUT2D eigenvalue weighted by molar-refractivity contribution is 7.99. The number of thioether (sulfide) groups is 1. The van der Waals surface area contributed by atoms with Crippen molar-refractivity contribution in [3.8, 4) is 5.69 Å². The molecule has 1 N–H and O–H groups in total. The molecule has 3 rings (SSSR count). The minimum absolute atomic E-state index is 0.0442. The Morgan fingerprint density at radius 3 is 2.70 bits per heavy atom. The van der Waals surface area contributed by atoms with Crippen molar-refractivity contribution in [3.05, 3.63) is 77.4 Å². The van der Waals surface area contributed by atoms with Gasteiger partial charge in [0.1, 0.15) is 5.82 Å². The van der Waals surface area contributed by atoms with Gasteiger partial charge in [-0.25, -0.2) is 9.37 Å². The molecule has 1 heterocycles. The summed E-state index contributed by atoms with van der Waals surface area (Å²) in [5.41, 5.74) is 4.44. The fourth-order valence-electron chi connectivity index (χ4n) is 2.83. The number of rotatable bonds is 7. The number of hydrogen-bond donors (Lipinski definition) is 1. The molecule has 1 aromatic heterocycles. The number of aromatic nitrogens is 2. The van der Waals surface area contributed by atoms with Crippen molar-refractivity contribution < 1.29 is 9.18 Å². The molecule has 4 nitrogen and oxygen atoms in total. The lowest BCUT2D eigenvalue weighted by atomic mass is 10.1. The highest BCUT2D eigenvalue weighted by atomic mass is 32.2.